The fourth-order valence-electron chi connectivity index (χ4n) is 5.84. The molecule has 0 amide bonds. The van der Waals surface area contributed by atoms with E-state index in [0.717, 1.165) is 25.0 Å². The van der Waals surface area contributed by atoms with Gasteiger partial charge in [0.05, 0.1) is 26.1 Å². The van der Waals surface area contributed by atoms with Gasteiger partial charge in [0, 0.05) is 24.8 Å². The smallest absolute Gasteiger partial charge is 0.306 e. The van der Waals surface area contributed by atoms with Crippen molar-refractivity contribution in [3.05, 3.63) is 35.8 Å². The molecule has 0 saturated heterocycles. The van der Waals surface area contributed by atoms with Crippen LogP contribution < -0.4 is 5.73 Å². The molecule has 2 aliphatic carbocycles. The zero-order chi connectivity index (χ0) is 24.8. The molecular formula is C27H39NO6. The van der Waals surface area contributed by atoms with Crippen LogP contribution >= 0.6 is 0 Å². The second-order valence-corrected chi connectivity index (χ2v) is 9.99. The standard InChI is InChI=1S/C27H39NO6/c1-5-6-7-8-20-17(3)19(11-18(20)12-25(30)32-4)15-33-26(31)13-21-22(28)14-23(29)27(21)24-10-9-16(2)34-24/h6-7,9-10,17-22,27H,5,8,11-15,28H2,1-4H3/b7-6+. The highest BCUT2D eigenvalue weighted by Gasteiger charge is 2.45. The Balaban J connectivity index is 1.60. The molecule has 2 N–H and O–H groups in total. The van der Waals surface area contributed by atoms with Crippen molar-refractivity contribution in [2.45, 2.75) is 71.3 Å². The van der Waals surface area contributed by atoms with Gasteiger partial charge in [-0.1, -0.05) is 26.0 Å². The summed E-state index contributed by atoms with van der Waals surface area (Å²) in [5, 5.41) is 0. The largest absolute Gasteiger partial charge is 0.469 e. The van der Waals surface area contributed by atoms with Crippen LogP contribution in [-0.2, 0) is 23.9 Å². The van der Waals surface area contributed by atoms with E-state index in [9.17, 15) is 14.4 Å². The number of carbonyl (C=O) groups excluding carboxylic acids is 3. The van der Waals surface area contributed by atoms with Crippen LogP contribution in [0.5, 0.6) is 0 Å². The molecule has 1 aromatic rings. The number of nitrogens with two attached hydrogens (primary N) is 1. The van der Waals surface area contributed by atoms with Crippen molar-refractivity contribution < 1.29 is 28.3 Å². The number of ketones is 1. The summed E-state index contributed by atoms with van der Waals surface area (Å²) < 4.78 is 16.3. The molecule has 0 aromatic carbocycles. The van der Waals surface area contributed by atoms with E-state index in [-0.39, 0.29) is 54.4 Å². The van der Waals surface area contributed by atoms with Crippen LogP contribution in [0.15, 0.2) is 28.7 Å². The van der Waals surface area contributed by atoms with Crippen molar-refractivity contribution in [1.82, 2.24) is 0 Å². The molecule has 7 nitrogen and oxygen atoms in total. The highest BCUT2D eigenvalue weighted by Crippen LogP contribution is 2.45. The Hall–Kier alpha value is -2.41. The van der Waals surface area contributed by atoms with Gasteiger partial charge in [0.25, 0.3) is 0 Å². The van der Waals surface area contributed by atoms with Crippen LogP contribution in [0.1, 0.15) is 69.8 Å². The molecule has 34 heavy (non-hydrogen) atoms. The maximum atomic E-state index is 12.8. The van der Waals surface area contributed by atoms with Crippen LogP contribution in [0, 0.1) is 36.5 Å². The zero-order valence-corrected chi connectivity index (χ0v) is 20.8. The van der Waals surface area contributed by atoms with Crippen LogP contribution in [-0.4, -0.2) is 37.5 Å². The van der Waals surface area contributed by atoms with Gasteiger partial charge in [-0.3, -0.25) is 14.4 Å². The summed E-state index contributed by atoms with van der Waals surface area (Å²) in [6, 6.07) is 3.23. The summed E-state index contributed by atoms with van der Waals surface area (Å²) in [6.07, 6.45) is 7.77. The number of furan rings is 1. The molecule has 1 aromatic heterocycles. The van der Waals surface area contributed by atoms with Crippen molar-refractivity contribution in [3.8, 4) is 0 Å². The van der Waals surface area contributed by atoms with Crippen molar-refractivity contribution in [3.63, 3.8) is 0 Å². The first-order valence-corrected chi connectivity index (χ1v) is 12.5. The van der Waals surface area contributed by atoms with Gasteiger partial charge in [0.15, 0.2) is 0 Å². The summed E-state index contributed by atoms with van der Waals surface area (Å²) >= 11 is 0. The molecule has 2 aliphatic rings. The van der Waals surface area contributed by atoms with E-state index < -0.39 is 5.92 Å². The first-order chi connectivity index (χ1) is 16.2. The molecule has 2 fully saturated rings. The fourth-order valence-corrected chi connectivity index (χ4v) is 5.84. The lowest BCUT2D eigenvalue weighted by molar-refractivity contribution is -0.147. The van der Waals surface area contributed by atoms with E-state index in [4.69, 9.17) is 19.6 Å². The van der Waals surface area contributed by atoms with Gasteiger partial charge in [-0.15, -0.1) is 0 Å². The van der Waals surface area contributed by atoms with Crippen molar-refractivity contribution >= 4 is 17.7 Å². The summed E-state index contributed by atoms with van der Waals surface area (Å²) in [6.45, 7) is 6.42. The third kappa shape index (κ3) is 6.17. The molecule has 0 spiro atoms. The van der Waals surface area contributed by atoms with Crippen molar-refractivity contribution in [2.75, 3.05) is 13.7 Å². The maximum absolute atomic E-state index is 12.8. The SMILES string of the molecule is CC/C=C/CC1C(CC(=O)OC)CC(COC(=O)CC2C(N)CC(=O)C2c2ccc(C)o2)C1C. The molecule has 3 rings (SSSR count). The van der Waals surface area contributed by atoms with E-state index in [0.29, 0.717) is 30.6 Å². The topological polar surface area (TPSA) is 109 Å². The van der Waals surface area contributed by atoms with Gasteiger partial charge in [-0.05, 0) is 62.0 Å². The number of hydrogen-bond donors (Lipinski definition) is 1. The molecular weight excluding hydrogens is 434 g/mol. The molecule has 7 unspecified atom stereocenters. The van der Waals surface area contributed by atoms with Crippen molar-refractivity contribution in [2.24, 2.45) is 35.3 Å². The molecule has 1 heterocycles. The predicted octanol–water partition coefficient (Wildman–Crippen LogP) is 4.33. The van der Waals surface area contributed by atoms with Gasteiger partial charge in [-0.25, -0.2) is 0 Å². The molecule has 2 saturated carbocycles. The third-order valence-corrected chi connectivity index (χ3v) is 7.79. The van der Waals surface area contributed by atoms with E-state index in [2.05, 4.69) is 26.0 Å². The van der Waals surface area contributed by atoms with Gasteiger partial charge >= 0.3 is 11.9 Å². The Bertz CT molecular complexity index is 889. The van der Waals surface area contributed by atoms with Crippen molar-refractivity contribution in [1.29, 1.82) is 0 Å². The monoisotopic (exact) mass is 473 g/mol. The molecule has 7 atom stereocenters. The molecule has 7 heteroatoms. The third-order valence-electron chi connectivity index (χ3n) is 7.79. The van der Waals surface area contributed by atoms with Gasteiger partial charge in [0.2, 0.25) is 0 Å². The number of methoxy groups -OCH3 is 1. The molecule has 0 radical (unpaired) electrons. The van der Waals surface area contributed by atoms with Crippen LogP contribution in [0.25, 0.3) is 0 Å². The average Bonchev–Trinajstić information content (AvgIpc) is 3.43. The van der Waals surface area contributed by atoms with Crippen LogP contribution in [0.4, 0.5) is 0 Å². The Morgan fingerprint density at radius 2 is 1.91 bits per heavy atom. The van der Waals surface area contributed by atoms with Gasteiger partial charge in [0.1, 0.15) is 17.3 Å². The van der Waals surface area contributed by atoms with E-state index in [1.54, 1.807) is 6.07 Å². The number of rotatable bonds is 10. The second kappa shape index (κ2) is 11.8. The second-order valence-electron chi connectivity index (χ2n) is 9.99. The lowest BCUT2D eigenvalue weighted by Crippen LogP contribution is -2.30. The number of ether oxygens (including phenoxy) is 2. The van der Waals surface area contributed by atoms with Crippen LogP contribution in [0.2, 0.25) is 0 Å². The van der Waals surface area contributed by atoms with E-state index in [1.807, 2.05) is 13.0 Å². The Morgan fingerprint density at radius 3 is 2.56 bits per heavy atom. The van der Waals surface area contributed by atoms with Gasteiger partial charge < -0.3 is 19.6 Å². The predicted molar refractivity (Wildman–Crippen MR) is 128 cm³/mol. The minimum absolute atomic E-state index is 0.0118. The Kier molecular flexibility index (Phi) is 9.11. The Labute approximate surface area is 202 Å². The zero-order valence-electron chi connectivity index (χ0n) is 20.8. The average molecular weight is 474 g/mol. The molecule has 0 bridgehead atoms. The number of esters is 2. The normalized spacial score (nSPS) is 31.3. The number of allylic oxidation sites excluding steroid dienone is 2. The summed E-state index contributed by atoms with van der Waals surface area (Å²) in [7, 11) is 1.42. The minimum Gasteiger partial charge on any atom is -0.469 e. The molecule has 0 aliphatic heterocycles. The fraction of sp³-hybridized carbons (Fsp3) is 0.667. The lowest BCUT2D eigenvalue weighted by atomic mass is 9.84. The lowest BCUT2D eigenvalue weighted by Gasteiger charge is -2.23. The summed E-state index contributed by atoms with van der Waals surface area (Å²) in [4.78, 5) is 37.3. The number of Topliss-reactive ketones (excluding diaryl/α,β-unsaturated/α-hetero) is 1. The number of aryl methyl sites for hydroxylation is 1. The first-order valence-electron chi connectivity index (χ1n) is 12.5. The highest BCUT2D eigenvalue weighted by atomic mass is 16.5. The minimum atomic E-state index is -0.499. The quantitative estimate of drug-likeness (QED) is 0.398. The number of carbonyl (C=O) groups is 3. The summed E-state index contributed by atoms with van der Waals surface area (Å²) in [5.74, 6) is 1.00. The first kappa shape index (κ1) is 26.2. The number of hydrogen-bond acceptors (Lipinski definition) is 7. The van der Waals surface area contributed by atoms with E-state index in [1.165, 1.54) is 7.11 Å². The molecule has 188 valence electrons. The summed E-state index contributed by atoms with van der Waals surface area (Å²) in [5.41, 5.74) is 6.23. The Morgan fingerprint density at radius 1 is 1.15 bits per heavy atom. The van der Waals surface area contributed by atoms with Gasteiger partial charge in [-0.2, -0.15) is 0 Å². The highest BCUT2D eigenvalue weighted by molar-refractivity contribution is 5.89. The van der Waals surface area contributed by atoms with E-state index >= 15 is 0 Å². The maximum Gasteiger partial charge on any atom is 0.306 e. The van der Waals surface area contributed by atoms with Crippen LogP contribution in [0.3, 0.4) is 0 Å².